The van der Waals surface area contributed by atoms with Crippen LogP contribution in [0.4, 0.5) is 10.1 Å². The topological polar surface area (TPSA) is 58.4 Å². The predicted molar refractivity (Wildman–Crippen MR) is 79.9 cm³/mol. The number of halogens is 1. The van der Waals surface area contributed by atoms with Crippen LogP contribution >= 0.6 is 0 Å². The van der Waals surface area contributed by atoms with Gasteiger partial charge in [-0.15, -0.1) is 0 Å². The Morgan fingerprint density at radius 3 is 2.65 bits per heavy atom. The molecule has 1 aromatic rings. The molecular weight excluding hydrogens is 257 g/mol. The smallest absolute Gasteiger partial charge is 0.256 e. The summed E-state index contributed by atoms with van der Waals surface area (Å²) in [5.74, 6) is 4.62. The molecule has 112 valence electrons. The first-order valence-corrected chi connectivity index (χ1v) is 7.09. The number of nitrogens with one attached hydrogen (secondary N) is 1. The number of hydrogen-bond donors (Lipinski definition) is 2. The summed E-state index contributed by atoms with van der Waals surface area (Å²) in [7, 11) is 0. The fourth-order valence-corrected chi connectivity index (χ4v) is 2.13. The largest absolute Gasteiger partial charge is 0.336 e. The quantitative estimate of drug-likeness (QED) is 0.458. The molecule has 1 aromatic carbocycles. The van der Waals surface area contributed by atoms with Crippen molar-refractivity contribution in [1.82, 2.24) is 4.90 Å². The van der Waals surface area contributed by atoms with Crippen LogP contribution in [0, 0.1) is 5.82 Å². The Hall–Kier alpha value is -1.62. The predicted octanol–water partition coefficient (Wildman–Crippen LogP) is 3.15. The lowest BCUT2D eigenvalue weighted by atomic mass is 10.1. The van der Waals surface area contributed by atoms with Crippen molar-refractivity contribution in [3.05, 3.63) is 29.6 Å². The van der Waals surface area contributed by atoms with Crippen molar-refractivity contribution < 1.29 is 9.18 Å². The van der Waals surface area contributed by atoms with E-state index in [4.69, 9.17) is 5.84 Å². The fourth-order valence-electron chi connectivity index (χ4n) is 2.13. The van der Waals surface area contributed by atoms with Gasteiger partial charge in [0.25, 0.3) is 5.91 Å². The molecule has 4 nitrogen and oxygen atoms in total. The van der Waals surface area contributed by atoms with Crippen LogP contribution < -0.4 is 11.3 Å². The lowest BCUT2D eigenvalue weighted by molar-refractivity contribution is 0.0703. The van der Waals surface area contributed by atoms with Gasteiger partial charge in [-0.05, 0) is 32.4 Å². The van der Waals surface area contributed by atoms with E-state index in [0.29, 0.717) is 6.54 Å². The zero-order chi connectivity index (χ0) is 15.1. The van der Waals surface area contributed by atoms with Crippen LogP contribution in [0.1, 0.15) is 50.4 Å². The molecule has 0 aliphatic carbocycles. The van der Waals surface area contributed by atoms with Gasteiger partial charge in [0.1, 0.15) is 5.82 Å². The average molecular weight is 281 g/mol. The minimum atomic E-state index is -0.518. The molecule has 0 atom stereocenters. The highest BCUT2D eigenvalue weighted by molar-refractivity contribution is 5.99. The Morgan fingerprint density at radius 2 is 2.10 bits per heavy atom. The van der Waals surface area contributed by atoms with E-state index in [0.717, 1.165) is 19.3 Å². The van der Waals surface area contributed by atoms with Crippen LogP contribution in [0.15, 0.2) is 18.2 Å². The number of hydrogen-bond acceptors (Lipinski definition) is 3. The van der Waals surface area contributed by atoms with Crippen LogP contribution in [0.3, 0.4) is 0 Å². The molecule has 0 spiro atoms. The van der Waals surface area contributed by atoms with Crippen LogP contribution in [0.2, 0.25) is 0 Å². The molecule has 0 saturated heterocycles. The number of carbonyl (C=O) groups excluding carboxylic acids is 1. The van der Waals surface area contributed by atoms with Crippen LogP contribution in [-0.2, 0) is 0 Å². The number of rotatable bonds is 7. The maximum absolute atomic E-state index is 13.7. The van der Waals surface area contributed by atoms with Gasteiger partial charge in [-0.3, -0.25) is 10.6 Å². The summed E-state index contributed by atoms with van der Waals surface area (Å²) in [4.78, 5) is 14.3. The van der Waals surface area contributed by atoms with Crippen LogP contribution in [0.25, 0.3) is 0 Å². The molecule has 0 unspecified atom stereocenters. The molecule has 0 bridgehead atoms. The number of anilines is 1. The second-order valence-electron chi connectivity index (χ2n) is 5.11. The minimum Gasteiger partial charge on any atom is -0.336 e. The first-order chi connectivity index (χ1) is 9.52. The number of benzene rings is 1. The SMILES string of the molecule is CCCCCN(C(=O)c1cccc(F)c1NN)C(C)C. The highest BCUT2D eigenvalue weighted by atomic mass is 19.1. The number of nitrogen functional groups attached to an aromatic ring is 1. The van der Waals surface area contributed by atoms with Gasteiger partial charge in [0.2, 0.25) is 0 Å². The summed E-state index contributed by atoms with van der Waals surface area (Å²) in [6.07, 6.45) is 3.11. The molecule has 1 amide bonds. The third-order valence-electron chi connectivity index (χ3n) is 3.28. The van der Waals surface area contributed by atoms with E-state index in [1.54, 1.807) is 11.0 Å². The van der Waals surface area contributed by atoms with E-state index in [9.17, 15) is 9.18 Å². The third kappa shape index (κ3) is 3.93. The zero-order valence-electron chi connectivity index (χ0n) is 12.4. The Morgan fingerprint density at radius 1 is 1.40 bits per heavy atom. The van der Waals surface area contributed by atoms with E-state index >= 15 is 0 Å². The van der Waals surface area contributed by atoms with Crippen molar-refractivity contribution in [2.24, 2.45) is 5.84 Å². The maximum atomic E-state index is 13.7. The van der Waals surface area contributed by atoms with Gasteiger partial charge in [-0.1, -0.05) is 25.8 Å². The van der Waals surface area contributed by atoms with Gasteiger partial charge in [0.05, 0.1) is 11.3 Å². The van der Waals surface area contributed by atoms with Crippen molar-refractivity contribution in [1.29, 1.82) is 0 Å². The monoisotopic (exact) mass is 281 g/mol. The number of nitrogens with zero attached hydrogens (tertiary/aromatic N) is 1. The van der Waals surface area contributed by atoms with Gasteiger partial charge >= 0.3 is 0 Å². The Labute approximate surface area is 120 Å². The van der Waals surface area contributed by atoms with Crippen molar-refractivity contribution in [2.45, 2.75) is 46.1 Å². The van der Waals surface area contributed by atoms with E-state index in [1.807, 2.05) is 13.8 Å². The number of amides is 1. The number of nitrogens with two attached hydrogens (primary N) is 1. The molecule has 0 aromatic heterocycles. The second-order valence-corrected chi connectivity index (χ2v) is 5.11. The van der Waals surface area contributed by atoms with Gasteiger partial charge in [-0.25, -0.2) is 4.39 Å². The molecule has 0 heterocycles. The normalized spacial score (nSPS) is 10.7. The summed E-state index contributed by atoms with van der Waals surface area (Å²) in [6, 6.07) is 4.46. The molecule has 0 aliphatic rings. The summed E-state index contributed by atoms with van der Waals surface area (Å²) >= 11 is 0. The fraction of sp³-hybridized carbons (Fsp3) is 0.533. The Kier molecular flexibility index (Phi) is 6.45. The lowest BCUT2D eigenvalue weighted by Crippen LogP contribution is -2.38. The average Bonchev–Trinajstić information content (AvgIpc) is 2.42. The van der Waals surface area contributed by atoms with Crippen molar-refractivity contribution in [3.63, 3.8) is 0 Å². The molecule has 0 fully saturated rings. The minimum absolute atomic E-state index is 0.0543. The Bertz CT molecular complexity index is 449. The van der Waals surface area contributed by atoms with Crippen molar-refractivity contribution >= 4 is 11.6 Å². The number of hydrazine groups is 1. The van der Waals surface area contributed by atoms with Crippen LogP contribution in [-0.4, -0.2) is 23.4 Å². The summed E-state index contributed by atoms with van der Waals surface area (Å²) in [5.41, 5.74) is 2.61. The van der Waals surface area contributed by atoms with E-state index in [-0.39, 0.29) is 23.2 Å². The van der Waals surface area contributed by atoms with E-state index < -0.39 is 5.82 Å². The molecule has 0 aliphatic heterocycles. The zero-order valence-corrected chi connectivity index (χ0v) is 12.4. The van der Waals surface area contributed by atoms with Gasteiger partial charge in [0.15, 0.2) is 0 Å². The maximum Gasteiger partial charge on any atom is 0.256 e. The standard InChI is InChI=1S/C15H24FN3O/c1-4-5-6-10-19(11(2)3)15(20)12-8-7-9-13(16)14(12)18-17/h7-9,11,18H,4-6,10,17H2,1-3H3. The second kappa shape index (κ2) is 7.85. The molecule has 0 saturated carbocycles. The highest BCUT2D eigenvalue weighted by Crippen LogP contribution is 2.21. The van der Waals surface area contributed by atoms with Gasteiger partial charge in [0, 0.05) is 12.6 Å². The van der Waals surface area contributed by atoms with Gasteiger partial charge in [-0.2, -0.15) is 0 Å². The van der Waals surface area contributed by atoms with Crippen LogP contribution in [0.5, 0.6) is 0 Å². The van der Waals surface area contributed by atoms with Crippen molar-refractivity contribution in [2.75, 3.05) is 12.0 Å². The first kappa shape index (κ1) is 16.4. The molecule has 0 radical (unpaired) electrons. The highest BCUT2D eigenvalue weighted by Gasteiger charge is 2.22. The molecule has 5 heteroatoms. The summed E-state index contributed by atoms with van der Waals surface area (Å²) < 4.78 is 13.7. The van der Waals surface area contributed by atoms with Crippen molar-refractivity contribution in [3.8, 4) is 0 Å². The van der Waals surface area contributed by atoms with Gasteiger partial charge < -0.3 is 10.3 Å². The molecular formula is C15H24FN3O. The molecule has 20 heavy (non-hydrogen) atoms. The number of para-hydroxylation sites is 1. The molecule has 1 rings (SSSR count). The summed E-state index contributed by atoms with van der Waals surface area (Å²) in [5, 5.41) is 0. The lowest BCUT2D eigenvalue weighted by Gasteiger charge is -2.27. The van der Waals surface area contributed by atoms with E-state index in [2.05, 4.69) is 12.3 Å². The Balaban J connectivity index is 2.97. The van der Waals surface area contributed by atoms with E-state index in [1.165, 1.54) is 12.1 Å². The molecule has 3 N–H and O–H groups in total. The summed E-state index contributed by atoms with van der Waals surface area (Å²) in [6.45, 7) is 6.70. The third-order valence-corrected chi connectivity index (χ3v) is 3.28. The number of carbonyl (C=O) groups is 1. The number of unbranched alkanes of at least 4 members (excludes halogenated alkanes) is 2. The first-order valence-electron chi connectivity index (χ1n) is 7.09.